The Balaban J connectivity index is 2.01. The topological polar surface area (TPSA) is 93.5 Å². The van der Waals surface area contributed by atoms with Crippen LogP contribution in [0.25, 0.3) is 0 Å². The molecule has 148 valence electrons. The lowest BCUT2D eigenvalue weighted by molar-refractivity contribution is -0.384. The fourth-order valence-corrected chi connectivity index (χ4v) is 3.23. The van der Waals surface area contributed by atoms with Crippen LogP contribution in [0, 0.1) is 16.0 Å². The van der Waals surface area contributed by atoms with E-state index >= 15 is 0 Å². The minimum Gasteiger partial charge on any atom is -0.492 e. The van der Waals surface area contributed by atoms with Gasteiger partial charge in [0.05, 0.1) is 21.7 Å². The highest BCUT2D eigenvalue weighted by Crippen LogP contribution is 2.28. The first kappa shape index (κ1) is 22.3. The van der Waals surface area contributed by atoms with Gasteiger partial charge in [0.15, 0.2) is 5.11 Å². The molecule has 0 aromatic heterocycles. The van der Waals surface area contributed by atoms with Gasteiger partial charge in [-0.05, 0) is 74.3 Å². The number of carbonyl (C=O) groups is 1. The second-order valence-corrected chi connectivity index (χ2v) is 8.30. The molecule has 10 heteroatoms. The van der Waals surface area contributed by atoms with E-state index in [4.69, 9.17) is 17.0 Å². The molecule has 0 bridgehead atoms. The largest absolute Gasteiger partial charge is 0.492 e. The second-order valence-electron chi connectivity index (χ2n) is 6.18. The molecule has 2 aromatic carbocycles. The maximum absolute atomic E-state index is 12.4. The Morgan fingerprint density at radius 1 is 1.21 bits per heavy atom. The maximum atomic E-state index is 12.4. The Morgan fingerprint density at radius 2 is 1.93 bits per heavy atom. The molecule has 0 aliphatic carbocycles. The number of nitrogens with zero attached hydrogens (tertiary/aromatic N) is 1. The van der Waals surface area contributed by atoms with Crippen molar-refractivity contribution in [2.45, 2.75) is 13.8 Å². The van der Waals surface area contributed by atoms with Gasteiger partial charge in [0.1, 0.15) is 5.75 Å². The third-order valence-corrected chi connectivity index (χ3v) is 4.88. The van der Waals surface area contributed by atoms with Crippen molar-refractivity contribution in [1.29, 1.82) is 0 Å². The van der Waals surface area contributed by atoms with E-state index in [9.17, 15) is 14.9 Å². The smallest absolute Gasteiger partial charge is 0.270 e. The van der Waals surface area contributed by atoms with Crippen LogP contribution in [0.2, 0.25) is 0 Å². The third-order valence-electron chi connectivity index (χ3n) is 3.40. The predicted octanol–water partition coefficient (Wildman–Crippen LogP) is 5.28. The zero-order chi connectivity index (χ0) is 20.8. The van der Waals surface area contributed by atoms with Crippen LogP contribution in [0.5, 0.6) is 5.75 Å². The minimum absolute atomic E-state index is 0.0583. The number of amides is 1. The van der Waals surface area contributed by atoms with Gasteiger partial charge in [-0.15, -0.1) is 0 Å². The molecule has 0 aliphatic rings. The number of hydrogen-bond acceptors (Lipinski definition) is 5. The molecular formula is C18H17Br2N3O4S. The summed E-state index contributed by atoms with van der Waals surface area (Å²) in [7, 11) is 0. The van der Waals surface area contributed by atoms with Crippen molar-refractivity contribution in [1.82, 2.24) is 5.32 Å². The van der Waals surface area contributed by atoms with E-state index in [1.807, 2.05) is 13.8 Å². The number of nitro benzene ring substituents is 1. The van der Waals surface area contributed by atoms with Gasteiger partial charge in [-0.1, -0.05) is 13.8 Å². The molecule has 0 unspecified atom stereocenters. The number of benzene rings is 2. The molecule has 0 saturated heterocycles. The third kappa shape index (κ3) is 6.25. The van der Waals surface area contributed by atoms with Gasteiger partial charge in [-0.2, -0.15) is 0 Å². The number of thiocarbonyl (C=S) groups is 1. The van der Waals surface area contributed by atoms with E-state index in [0.717, 1.165) is 0 Å². The van der Waals surface area contributed by atoms with Crippen molar-refractivity contribution in [2.75, 3.05) is 11.9 Å². The molecular weight excluding hydrogens is 514 g/mol. The molecule has 0 spiro atoms. The fraction of sp³-hybridized carbons (Fsp3) is 0.222. The van der Waals surface area contributed by atoms with E-state index < -0.39 is 10.8 Å². The summed E-state index contributed by atoms with van der Waals surface area (Å²) in [6.45, 7) is 4.67. The van der Waals surface area contributed by atoms with Crippen LogP contribution in [0.4, 0.5) is 11.4 Å². The standard InChI is InChI=1S/C18H17Br2N3O4S/c1-10(2)9-27-16-6-3-11(7-14(16)20)17(24)22-18(28)21-15-5-4-12(23(25)26)8-13(15)19/h3-8,10H,9H2,1-2H3,(H2,21,22,24,28). The van der Waals surface area contributed by atoms with E-state index in [2.05, 4.69) is 42.5 Å². The Kier molecular flexibility index (Phi) is 7.90. The zero-order valence-electron chi connectivity index (χ0n) is 15.0. The monoisotopic (exact) mass is 529 g/mol. The quantitative estimate of drug-likeness (QED) is 0.300. The highest BCUT2D eigenvalue weighted by atomic mass is 79.9. The van der Waals surface area contributed by atoms with E-state index in [1.165, 1.54) is 18.2 Å². The Morgan fingerprint density at radius 3 is 2.50 bits per heavy atom. The van der Waals surface area contributed by atoms with Gasteiger partial charge >= 0.3 is 0 Å². The second kappa shape index (κ2) is 9.94. The summed E-state index contributed by atoms with van der Waals surface area (Å²) in [5, 5.41) is 16.2. The first-order valence-corrected chi connectivity index (χ1v) is 10.2. The number of ether oxygens (including phenoxy) is 1. The summed E-state index contributed by atoms with van der Waals surface area (Å²) in [4.78, 5) is 22.7. The molecule has 0 heterocycles. The minimum atomic E-state index is -0.499. The summed E-state index contributed by atoms with van der Waals surface area (Å²) < 4.78 is 6.78. The summed E-state index contributed by atoms with van der Waals surface area (Å²) in [5.74, 6) is 0.643. The van der Waals surface area contributed by atoms with Gasteiger partial charge in [0.2, 0.25) is 0 Å². The summed E-state index contributed by atoms with van der Waals surface area (Å²) in [5.41, 5.74) is 0.835. The lowest BCUT2D eigenvalue weighted by Gasteiger charge is -2.13. The number of non-ortho nitro benzene ring substituents is 1. The first-order chi connectivity index (χ1) is 13.2. The number of nitrogens with one attached hydrogen (secondary N) is 2. The van der Waals surface area contributed by atoms with Crippen molar-refractivity contribution < 1.29 is 14.5 Å². The molecule has 28 heavy (non-hydrogen) atoms. The summed E-state index contributed by atoms with van der Waals surface area (Å²) in [6.07, 6.45) is 0. The van der Waals surface area contributed by atoms with Gasteiger partial charge in [0.25, 0.3) is 11.6 Å². The first-order valence-electron chi connectivity index (χ1n) is 8.16. The molecule has 0 saturated carbocycles. The Hall–Kier alpha value is -2.04. The molecule has 1 amide bonds. The molecule has 0 radical (unpaired) electrons. The predicted molar refractivity (Wildman–Crippen MR) is 119 cm³/mol. The van der Waals surface area contributed by atoms with Crippen LogP contribution in [0.3, 0.4) is 0 Å². The lowest BCUT2D eigenvalue weighted by Crippen LogP contribution is -2.34. The number of hydrogen-bond donors (Lipinski definition) is 2. The lowest BCUT2D eigenvalue weighted by atomic mass is 10.2. The summed E-state index contributed by atoms with van der Waals surface area (Å²) in [6, 6.07) is 9.18. The van der Waals surface area contributed by atoms with Crippen LogP contribution in [-0.4, -0.2) is 22.5 Å². The average molecular weight is 531 g/mol. The van der Waals surface area contributed by atoms with Crippen LogP contribution < -0.4 is 15.4 Å². The molecule has 0 aliphatic heterocycles. The fourth-order valence-electron chi connectivity index (χ4n) is 2.06. The number of anilines is 1. The van der Waals surface area contributed by atoms with E-state index in [-0.39, 0.29) is 10.8 Å². The van der Waals surface area contributed by atoms with Crippen LogP contribution >= 0.6 is 44.1 Å². The molecule has 0 atom stereocenters. The van der Waals surface area contributed by atoms with Crippen molar-refractivity contribution in [3.63, 3.8) is 0 Å². The Bertz CT molecular complexity index is 922. The maximum Gasteiger partial charge on any atom is 0.270 e. The van der Waals surface area contributed by atoms with E-state index in [1.54, 1.807) is 18.2 Å². The van der Waals surface area contributed by atoms with Gasteiger partial charge in [-0.25, -0.2) is 0 Å². The SMILES string of the molecule is CC(C)COc1ccc(C(=O)NC(=S)Nc2ccc([N+](=O)[O-])cc2Br)cc1Br. The average Bonchev–Trinajstić information content (AvgIpc) is 2.61. The van der Waals surface area contributed by atoms with Crippen molar-refractivity contribution in [3.8, 4) is 5.75 Å². The van der Waals surface area contributed by atoms with Gasteiger partial charge < -0.3 is 10.1 Å². The molecule has 0 fully saturated rings. The molecule has 2 rings (SSSR count). The van der Waals surface area contributed by atoms with Crippen LogP contribution in [-0.2, 0) is 0 Å². The molecule has 2 N–H and O–H groups in total. The Labute approximate surface area is 184 Å². The van der Waals surface area contributed by atoms with E-state index in [0.29, 0.717) is 38.5 Å². The van der Waals surface area contributed by atoms with Gasteiger partial charge in [0, 0.05) is 22.2 Å². The summed E-state index contributed by atoms with van der Waals surface area (Å²) >= 11 is 11.8. The molecule has 2 aromatic rings. The molecule has 7 nitrogen and oxygen atoms in total. The zero-order valence-corrected chi connectivity index (χ0v) is 19.0. The number of halogens is 2. The van der Waals surface area contributed by atoms with Crippen LogP contribution in [0.15, 0.2) is 45.3 Å². The van der Waals surface area contributed by atoms with Crippen molar-refractivity contribution in [3.05, 3.63) is 61.0 Å². The number of carbonyl (C=O) groups excluding carboxylic acids is 1. The highest BCUT2D eigenvalue weighted by Gasteiger charge is 2.13. The number of nitro groups is 1. The van der Waals surface area contributed by atoms with Gasteiger partial charge in [-0.3, -0.25) is 20.2 Å². The normalized spacial score (nSPS) is 10.5. The van der Waals surface area contributed by atoms with Crippen molar-refractivity contribution >= 4 is 66.5 Å². The van der Waals surface area contributed by atoms with Crippen molar-refractivity contribution in [2.24, 2.45) is 5.92 Å². The number of rotatable bonds is 6. The highest BCUT2D eigenvalue weighted by molar-refractivity contribution is 9.11. The van der Waals surface area contributed by atoms with Crippen LogP contribution in [0.1, 0.15) is 24.2 Å².